The molecule has 6 heteroatoms. The Kier molecular flexibility index (Phi) is 6.34. The summed E-state index contributed by atoms with van der Waals surface area (Å²) in [6.45, 7) is 4.71. The van der Waals surface area contributed by atoms with Crippen molar-refractivity contribution in [2.45, 2.75) is 31.2 Å². The van der Waals surface area contributed by atoms with E-state index >= 15 is 0 Å². The lowest BCUT2D eigenvalue weighted by atomic mass is 10.0. The zero-order chi connectivity index (χ0) is 20.9. The van der Waals surface area contributed by atoms with Crippen molar-refractivity contribution in [1.82, 2.24) is 5.32 Å². The summed E-state index contributed by atoms with van der Waals surface area (Å²) in [7, 11) is -3.65. The molecule has 0 atom stereocenters. The summed E-state index contributed by atoms with van der Waals surface area (Å²) in [6.07, 6.45) is 0. The lowest BCUT2D eigenvalue weighted by molar-refractivity contribution is 0.0951. The molecule has 0 radical (unpaired) electrons. The van der Waals surface area contributed by atoms with Crippen molar-refractivity contribution >= 4 is 21.6 Å². The van der Waals surface area contributed by atoms with Gasteiger partial charge in [0.25, 0.3) is 15.9 Å². The zero-order valence-electron chi connectivity index (χ0n) is 16.4. The normalized spacial score (nSPS) is 11.3. The number of carbonyl (C=O) groups excluding carboxylic acids is 1. The fourth-order valence-corrected chi connectivity index (χ4v) is 3.89. The predicted molar refractivity (Wildman–Crippen MR) is 115 cm³/mol. The van der Waals surface area contributed by atoms with Crippen LogP contribution in [-0.4, -0.2) is 14.3 Å². The topological polar surface area (TPSA) is 75.3 Å². The second-order valence-electron chi connectivity index (χ2n) is 7.07. The van der Waals surface area contributed by atoms with E-state index in [2.05, 4.69) is 36.0 Å². The Morgan fingerprint density at radius 1 is 0.862 bits per heavy atom. The number of hydrogen-bond acceptors (Lipinski definition) is 3. The third kappa shape index (κ3) is 5.45. The van der Waals surface area contributed by atoms with Gasteiger partial charge in [0.1, 0.15) is 0 Å². The standard InChI is InChI=1S/C23H24N2O3S/c1-17(2)19-10-8-18(9-11-19)16-24-23(26)20-12-14-21(15-13-20)25-29(27,28)22-6-4-3-5-7-22/h3-15,17,25H,16H2,1-2H3,(H,24,26). The van der Waals surface area contributed by atoms with E-state index in [1.54, 1.807) is 42.5 Å². The molecule has 0 aliphatic rings. The largest absolute Gasteiger partial charge is 0.348 e. The summed E-state index contributed by atoms with van der Waals surface area (Å²) in [5.74, 6) is 0.256. The molecular weight excluding hydrogens is 384 g/mol. The number of benzene rings is 3. The number of amides is 1. The van der Waals surface area contributed by atoms with Crippen LogP contribution in [-0.2, 0) is 16.6 Å². The van der Waals surface area contributed by atoms with Crippen LogP contribution in [0.1, 0.15) is 41.3 Å². The van der Waals surface area contributed by atoms with Crippen molar-refractivity contribution in [2.75, 3.05) is 4.72 Å². The maximum absolute atomic E-state index is 12.4. The van der Waals surface area contributed by atoms with E-state index in [1.807, 2.05) is 12.1 Å². The molecular formula is C23H24N2O3S. The molecule has 150 valence electrons. The second kappa shape index (κ2) is 8.92. The van der Waals surface area contributed by atoms with E-state index in [0.29, 0.717) is 23.7 Å². The van der Waals surface area contributed by atoms with Crippen molar-refractivity contribution in [2.24, 2.45) is 0 Å². The Labute approximate surface area is 171 Å². The van der Waals surface area contributed by atoms with E-state index < -0.39 is 10.0 Å². The highest BCUT2D eigenvalue weighted by atomic mass is 32.2. The molecule has 5 nitrogen and oxygen atoms in total. The maximum atomic E-state index is 12.4. The van der Waals surface area contributed by atoms with Gasteiger partial charge in [0, 0.05) is 17.8 Å². The number of hydrogen-bond donors (Lipinski definition) is 2. The smallest absolute Gasteiger partial charge is 0.261 e. The van der Waals surface area contributed by atoms with Crippen molar-refractivity contribution in [3.05, 3.63) is 95.6 Å². The average Bonchev–Trinajstić information content (AvgIpc) is 2.73. The van der Waals surface area contributed by atoms with E-state index in [9.17, 15) is 13.2 Å². The van der Waals surface area contributed by atoms with Crippen LogP contribution in [0.4, 0.5) is 5.69 Å². The molecule has 0 spiro atoms. The lowest BCUT2D eigenvalue weighted by Gasteiger charge is -2.10. The van der Waals surface area contributed by atoms with Crippen LogP contribution in [0.5, 0.6) is 0 Å². The Hall–Kier alpha value is -3.12. The van der Waals surface area contributed by atoms with Crippen molar-refractivity contribution in [1.29, 1.82) is 0 Å². The molecule has 0 aliphatic heterocycles. The Balaban J connectivity index is 1.60. The maximum Gasteiger partial charge on any atom is 0.261 e. The predicted octanol–water partition coefficient (Wildman–Crippen LogP) is 4.54. The molecule has 0 aliphatic carbocycles. The minimum Gasteiger partial charge on any atom is -0.348 e. The zero-order valence-corrected chi connectivity index (χ0v) is 17.2. The van der Waals surface area contributed by atoms with Crippen molar-refractivity contribution in [3.63, 3.8) is 0 Å². The Morgan fingerprint density at radius 3 is 2.07 bits per heavy atom. The van der Waals surface area contributed by atoms with Gasteiger partial charge in [-0.25, -0.2) is 8.42 Å². The molecule has 3 rings (SSSR count). The van der Waals surface area contributed by atoms with Gasteiger partial charge in [0.05, 0.1) is 4.90 Å². The fraction of sp³-hybridized carbons (Fsp3) is 0.174. The Morgan fingerprint density at radius 2 is 1.48 bits per heavy atom. The average molecular weight is 409 g/mol. The van der Waals surface area contributed by atoms with Gasteiger partial charge < -0.3 is 5.32 Å². The number of nitrogens with one attached hydrogen (secondary N) is 2. The summed E-state index contributed by atoms with van der Waals surface area (Å²) in [5, 5.41) is 2.88. The molecule has 0 bridgehead atoms. The van der Waals surface area contributed by atoms with Gasteiger partial charge in [-0.1, -0.05) is 56.3 Å². The van der Waals surface area contributed by atoms with Crippen LogP contribution < -0.4 is 10.0 Å². The van der Waals surface area contributed by atoms with Crippen LogP contribution in [0.15, 0.2) is 83.8 Å². The molecule has 0 fully saturated rings. The summed E-state index contributed by atoms with van der Waals surface area (Å²) in [6, 6.07) is 22.6. The van der Waals surface area contributed by atoms with Gasteiger partial charge in [-0.15, -0.1) is 0 Å². The van der Waals surface area contributed by atoms with Gasteiger partial charge in [0.2, 0.25) is 0 Å². The summed E-state index contributed by atoms with van der Waals surface area (Å²) in [5.41, 5.74) is 3.14. The third-order valence-corrected chi connectivity index (χ3v) is 5.95. The number of rotatable bonds is 7. The van der Waals surface area contributed by atoms with Crippen LogP contribution in [0.25, 0.3) is 0 Å². The number of anilines is 1. The van der Waals surface area contributed by atoms with Gasteiger partial charge in [-0.3, -0.25) is 9.52 Å². The number of carbonyl (C=O) groups is 1. The molecule has 29 heavy (non-hydrogen) atoms. The monoisotopic (exact) mass is 408 g/mol. The minimum absolute atomic E-state index is 0.185. The molecule has 2 N–H and O–H groups in total. The molecule has 0 unspecified atom stereocenters. The second-order valence-corrected chi connectivity index (χ2v) is 8.76. The quantitative estimate of drug-likeness (QED) is 0.603. The lowest BCUT2D eigenvalue weighted by Crippen LogP contribution is -2.22. The van der Waals surface area contributed by atoms with Gasteiger partial charge >= 0.3 is 0 Å². The van der Waals surface area contributed by atoms with Crippen LogP contribution in [0.2, 0.25) is 0 Å². The highest BCUT2D eigenvalue weighted by Gasteiger charge is 2.14. The molecule has 1 amide bonds. The Bertz CT molecular complexity index is 1060. The molecule has 3 aromatic carbocycles. The van der Waals surface area contributed by atoms with E-state index in [0.717, 1.165) is 5.56 Å². The van der Waals surface area contributed by atoms with Crippen LogP contribution in [0, 0.1) is 0 Å². The van der Waals surface area contributed by atoms with E-state index in [4.69, 9.17) is 0 Å². The molecule has 0 aromatic heterocycles. The molecule has 0 saturated carbocycles. The minimum atomic E-state index is -3.65. The number of sulfonamides is 1. The van der Waals surface area contributed by atoms with Gasteiger partial charge in [0.15, 0.2) is 0 Å². The van der Waals surface area contributed by atoms with E-state index in [-0.39, 0.29) is 10.8 Å². The summed E-state index contributed by atoms with van der Waals surface area (Å²) in [4.78, 5) is 12.5. The first-order valence-electron chi connectivity index (χ1n) is 9.40. The highest BCUT2D eigenvalue weighted by Crippen LogP contribution is 2.17. The van der Waals surface area contributed by atoms with Gasteiger partial charge in [-0.2, -0.15) is 0 Å². The van der Waals surface area contributed by atoms with Crippen LogP contribution in [0.3, 0.4) is 0 Å². The fourth-order valence-electron chi connectivity index (χ4n) is 2.81. The SMILES string of the molecule is CC(C)c1ccc(CNC(=O)c2ccc(NS(=O)(=O)c3ccccc3)cc2)cc1. The summed E-state index contributed by atoms with van der Waals surface area (Å²) >= 11 is 0. The first-order valence-corrected chi connectivity index (χ1v) is 10.9. The molecule has 0 heterocycles. The van der Waals surface area contributed by atoms with E-state index in [1.165, 1.54) is 17.7 Å². The molecule has 3 aromatic rings. The highest BCUT2D eigenvalue weighted by molar-refractivity contribution is 7.92. The van der Waals surface area contributed by atoms with Crippen LogP contribution >= 0.6 is 0 Å². The van der Waals surface area contributed by atoms with Crippen molar-refractivity contribution in [3.8, 4) is 0 Å². The van der Waals surface area contributed by atoms with Crippen molar-refractivity contribution < 1.29 is 13.2 Å². The molecule has 0 saturated heterocycles. The third-order valence-electron chi connectivity index (χ3n) is 4.55. The first kappa shape index (κ1) is 20.6. The summed E-state index contributed by atoms with van der Waals surface area (Å²) < 4.78 is 27.2. The van der Waals surface area contributed by atoms with Gasteiger partial charge in [-0.05, 0) is 53.4 Å². The first-order chi connectivity index (χ1) is 13.8.